The number of aliphatic hydroxyl groups is 1. The van der Waals surface area contributed by atoms with E-state index in [-0.39, 0.29) is 12.7 Å². The van der Waals surface area contributed by atoms with E-state index in [4.69, 9.17) is 24.1 Å². The number of benzene rings is 1. The van der Waals surface area contributed by atoms with E-state index in [0.717, 1.165) is 5.56 Å². The molecule has 94 valence electrons. The Balaban J connectivity index is 2.24. The zero-order valence-electron chi connectivity index (χ0n) is 9.88. The summed E-state index contributed by atoms with van der Waals surface area (Å²) in [6, 6.07) is 5.41. The molecule has 1 fully saturated rings. The normalized spacial score (nSPS) is 23.7. The summed E-state index contributed by atoms with van der Waals surface area (Å²) in [6.45, 7) is 0.324. The molecule has 0 saturated carbocycles. The maximum atomic E-state index is 9.00. The third kappa shape index (κ3) is 2.52. The van der Waals surface area contributed by atoms with E-state index in [1.807, 2.05) is 6.07 Å². The van der Waals surface area contributed by atoms with Gasteiger partial charge < -0.3 is 24.1 Å². The lowest BCUT2D eigenvalue weighted by Crippen LogP contribution is -2.14. The van der Waals surface area contributed by atoms with Gasteiger partial charge in [0.15, 0.2) is 6.29 Å². The molecule has 1 N–H and O–H groups in total. The molecule has 5 nitrogen and oxygen atoms in total. The molecule has 17 heavy (non-hydrogen) atoms. The minimum Gasteiger partial charge on any atom is -0.497 e. The van der Waals surface area contributed by atoms with Gasteiger partial charge in [0.05, 0.1) is 33.0 Å². The van der Waals surface area contributed by atoms with Crippen LogP contribution in [-0.2, 0) is 9.47 Å². The summed E-state index contributed by atoms with van der Waals surface area (Å²) in [4.78, 5) is 0. The quantitative estimate of drug-likeness (QED) is 0.854. The van der Waals surface area contributed by atoms with Crippen molar-refractivity contribution in [2.24, 2.45) is 0 Å². The van der Waals surface area contributed by atoms with E-state index in [9.17, 15) is 0 Å². The monoisotopic (exact) mass is 240 g/mol. The Kier molecular flexibility index (Phi) is 3.83. The number of ether oxygens (including phenoxy) is 4. The molecule has 1 aromatic carbocycles. The van der Waals surface area contributed by atoms with E-state index < -0.39 is 6.29 Å². The molecule has 5 heteroatoms. The van der Waals surface area contributed by atoms with Gasteiger partial charge in [-0.2, -0.15) is 0 Å². The predicted molar refractivity (Wildman–Crippen MR) is 60.2 cm³/mol. The van der Waals surface area contributed by atoms with Crippen molar-refractivity contribution >= 4 is 0 Å². The Labute approximate surface area is 99.9 Å². The summed E-state index contributed by atoms with van der Waals surface area (Å²) in [5.41, 5.74) is 0.766. The minimum absolute atomic E-state index is 0.0528. The first-order chi connectivity index (χ1) is 8.28. The lowest BCUT2D eigenvalue weighted by molar-refractivity contribution is -0.0687. The molecule has 1 aliphatic heterocycles. The van der Waals surface area contributed by atoms with Gasteiger partial charge >= 0.3 is 0 Å². The van der Waals surface area contributed by atoms with E-state index in [1.54, 1.807) is 26.4 Å². The molecule has 0 bridgehead atoms. The van der Waals surface area contributed by atoms with E-state index in [2.05, 4.69) is 0 Å². The fourth-order valence-corrected chi connectivity index (χ4v) is 1.73. The van der Waals surface area contributed by atoms with Crippen molar-refractivity contribution in [3.8, 4) is 11.5 Å². The Bertz CT molecular complexity index is 379. The van der Waals surface area contributed by atoms with Crippen LogP contribution in [0.5, 0.6) is 11.5 Å². The average Bonchev–Trinajstić information content (AvgIpc) is 2.86. The molecule has 2 unspecified atom stereocenters. The summed E-state index contributed by atoms with van der Waals surface area (Å²) < 4.78 is 21.4. The molecule has 2 rings (SSSR count). The maximum Gasteiger partial charge on any atom is 0.188 e. The third-order valence-electron chi connectivity index (χ3n) is 2.64. The molecule has 0 spiro atoms. The van der Waals surface area contributed by atoms with Crippen molar-refractivity contribution in [1.29, 1.82) is 0 Å². The molecule has 0 amide bonds. The van der Waals surface area contributed by atoms with Crippen molar-refractivity contribution < 1.29 is 24.1 Å². The Hall–Kier alpha value is -1.30. The zero-order chi connectivity index (χ0) is 12.3. The third-order valence-corrected chi connectivity index (χ3v) is 2.64. The molecule has 0 aromatic heterocycles. The highest BCUT2D eigenvalue weighted by atomic mass is 16.7. The second-order valence-corrected chi connectivity index (χ2v) is 3.71. The topological polar surface area (TPSA) is 57.2 Å². The van der Waals surface area contributed by atoms with Crippen molar-refractivity contribution in [2.45, 2.75) is 12.4 Å². The highest BCUT2D eigenvalue weighted by Gasteiger charge is 2.29. The van der Waals surface area contributed by atoms with Crippen LogP contribution in [0.1, 0.15) is 11.9 Å². The van der Waals surface area contributed by atoms with E-state index in [0.29, 0.717) is 18.1 Å². The first-order valence-electron chi connectivity index (χ1n) is 5.38. The van der Waals surface area contributed by atoms with E-state index in [1.165, 1.54) is 0 Å². The molecule has 0 aliphatic carbocycles. The standard InChI is InChI=1S/C12H16O5/c1-14-8-3-4-11(15-2)10(5-8)12-16-7-9(6-13)17-12/h3-5,9,12-13H,6-7H2,1-2H3. The van der Waals surface area contributed by atoms with E-state index >= 15 is 0 Å². The fraction of sp³-hybridized carbons (Fsp3) is 0.500. The highest BCUT2D eigenvalue weighted by molar-refractivity contribution is 5.41. The van der Waals surface area contributed by atoms with Crippen LogP contribution in [0.3, 0.4) is 0 Å². The van der Waals surface area contributed by atoms with Crippen LogP contribution in [0.25, 0.3) is 0 Å². The molecule has 1 heterocycles. The van der Waals surface area contributed by atoms with Gasteiger partial charge in [0.2, 0.25) is 0 Å². The van der Waals surface area contributed by atoms with Crippen LogP contribution in [0.2, 0.25) is 0 Å². The molecule has 2 atom stereocenters. The van der Waals surface area contributed by atoms with Gasteiger partial charge in [0.25, 0.3) is 0 Å². The first kappa shape index (κ1) is 12.2. The van der Waals surface area contributed by atoms with Crippen LogP contribution in [0.15, 0.2) is 18.2 Å². The highest BCUT2D eigenvalue weighted by Crippen LogP contribution is 2.35. The number of aliphatic hydroxyl groups excluding tert-OH is 1. The molecular formula is C12H16O5. The Morgan fingerprint density at radius 1 is 1.35 bits per heavy atom. The number of hydrogen-bond donors (Lipinski definition) is 1. The molecule has 1 saturated heterocycles. The van der Waals surface area contributed by atoms with Crippen LogP contribution < -0.4 is 9.47 Å². The SMILES string of the molecule is COc1ccc(OC)c(C2OCC(CO)O2)c1. The largest absolute Gasteiger partial charge is 0.497 e. The van der Waals surface area contributed by atoms with Crippen LogP contribution >= 0.6 is 0 Å². The average molecular weight is 240 g/mol. The van der Waals surface area contributed by atoms with Gasteiger partial charge in [-0.25, -0.2) is 0 Å². The molecule has 1 aromatic rings. The number of rotatable bonds is 4. The molecular weight excluding hydrogens is 224 g/mol. The first-order valence-corrected chi connectivity index (χ1v) is 5.38. The van der Waals surface area contributed by atoms with Crippen LogP contribution in [-0.4, -0.2) is 38.6 Å². The minimum atomic E-state index is -0.516. The summed E-state index contributed by atoms with van der Waals surface area (Å²) in [6.07, 6.45) is -0.798. The fourth-order valence-electron chi connectivity index (χ4n) is 1.73. The van der Waals surface area contributed by atoms with Crippen LogP contribution in [0, 0.1) is 0 Å². The van der Waals surface area contributed by atoms with Crippen molar-refractivity contribution in [3.63, 3.8) is 0 Å². The van der Waals surface area contributed by atoms with Crippen molar-refractivity contribution in [1.82, 2.24) is 0 Å². The smallest absolute Gasteiger partial charge is 0.188 e. The number of hydrogen-bond acceptors (Lipinski definition) is 5. The van der Waals surface area contributed by atoms with Gasteiger partial charge in [0, 0.05) is 0 Å². The summed E-state index contributed by atoms with van der Waals surface area (Å²) in [5.74, 6) is 1.38. The summed E-state index contributed by atoms with van der Waals surface area (Å²) in [7, 11) is 3.18. The number of methoxy groups -OCH3 is 2. The predicted octanol–water partition coefficient (Wildman–Crippen LogP) is 1.11. The van der Waals surface area contributed by atoms with Crippen LogP contribution in [0.4, 0.5) is 0 Å². The Morgan fingerprint density at radius 3 is 2.76 bits per heavy atom. The summed E-state index contributed by atoms with van der Waals surface area (Å²) >= 11 is 0. The molecule has 1 aliphatic rings. The van der Waals surface area contributed by atoms with Gasteiger partial charge in [-0.05, 0) is 18.2 Å². The van der Waals surface area contributed by atoms with Crippen molar-refractivity contribution in [3.05, 3.63) is 23.8 Å². The Morgan fingerprint density at radius 2 is 2.18 bits per heavy atom. The van der Waals surface area contributed by atoms with Gasteiger partial charge in [-0.1, -0.05) is 0 Å². The zero-order valence-corrected chi connectivity index (χ0v) is 9.88. The van der Waals surface area contributed by atoms with Gasteiger partial charge in [-0.15, -0.1) is 0 Å². The van der Waals surface area contributed by atoms with Gasteiger partial charge in [0.1, 0.15) is 17.6 Å². The maximum absolute atomic E-state index is 9.00. The summed E-state index contributed by atoms with van der Waals surface area (Å²) in [5, 5.41) is 9.00. The van der Waals surface area contributed by atoms with Gasteiger partial charge in [-0.3, -0.25) is 0 Å². The lowest BCUT2D eigenvalue weighted by Gasteiger charge is -2.15. The van der Waals surface area contributed by atoms with Crippen molar-refractivity contribution in [2.75, 3.05) is 27.4 Å². The lowest BCUT2D eigenvalue weighted by atomic mass is 10.2. The second-order valence-electron chi connectivity index (χ2n) is 3.71. The second kappa shape index (κ2) is 5.35. The molecule has 0 radical (unpaired) electrons.